The molecule has 2 N–H and O–H groups in total. The first-order chi connectivity index (χ1) is 7.17. The smallest absolute Gasteiger partial charge is 0.127 e. The number of methoxy groups -OCH3 is 1. The molecule has 0 aliphatic heterocycles. The van der Waals surface area contributed by atoms with Crippen LogP contribution in [0.15, 0.2) is 18.2 Å². The molecule has 4 heteroatoms. The molecule has 1 rings (SSSR count). The minimum atomic E-state index is 0. The van der Waals surface area contributed by atoms with E-state index >= 15 is 0 Å². The summed E-state index contributed by atoms with van der Waals surface area (Å²) in [6, 6.07) is 5.74. The van der Waals surface area contributed by atoms with Gasteiger partial charge in [0.05, 0.1) is 13.7 Å². The van der Waals surface area contributed by atoms with Gasteiger partial charge in [0.15, 0.2) is 0 Å². The zero-order chi connectivity index (χ0) is 11.3. The van der Waals surface area contributed by atoms with Crippen LogP contribution in [-0.2, 0) is 6.54 Å². The molecule has 0 heterocycles. The van der Waals surface area contributed by atoms with E-state index in [1.165, 1.54) is 0 Å². The number of hydrogen-bond acceptors (Lipinski definition) is 3. The van der Waals surface area contributed by atoms with E-state index in [1.807, 2.05) is 18.2 Å². The average Bonchev–Trinajstić information content (AvgIpc) is 2.25. The molecule has 0 aliphatic carbocycles. The van der Waals surface area contributed by atoms with E-state index < -0.39 is 0 Å². The summed E-state index contributed by atoms with van der Waals surface area (Å²) in [6.07, 6.45) is 0. The third kappa shape index (κ3) is 4.29. The molecule has 1 aromatic rings. The van der Waals surface area contributed by atoms with Gasteiger partial charge < -0.3 is 15.2 Å². The lowest BCUT2D eigenvalue weighted by molar-refractivity contribution is 0.269. The van der Waals surface area contributed by atoms with Crippen molar-refractivity contribution in [3.63, 3.8) is 0 Å². The van der Waals surface area contributed by atoms with Gasteiger partial charge in [-0.2, -0.15) is 0 Å². The van der Waals surface area contributed by atoms with Crippen LogP contribution in [0.2, 0.25) is 0 Å². The molecule has 0 fully saturated rings. The third-order valence-electron chi connectivity index (χ3n) is 2.06. The van der Waals surface area contributed by atoms with Crippen molar-refractivity contribution < 1.29 is 9.47 Å². The highest BCUT2D eigenvalue weighted by atomic mass is 35.5. The summed E-state index contributed by atoms with van der Waals surface area (Å²) in [5.41, 5.74) is 6.57. The molecule has 0 saturated heterocycles. The first kappa shape index (κ1) is 15.1. The number of nitrogens with two attached hydrogens (primary N) is 1. The normalized spacial score (nSPS) is 9.81. The van der Waals surface area contributed by atoms with Gasteiger partial charge in [0.25, 0.3) is 0 Å². The van der Waals surface area contributed by atoms with Crippen LogP contribution in [0.5, 0.6) is 11.5 Å². The van der Waals surface area contributed by atoms with E-state index in [4.69, 9.17) is 15.2 Å². The predicted molar refractivity (Wildman–Crippen MR) is 68.5 cm³/mol. The Morgan fingerprint density at radius 3 is 2.50 bits per heavy atom. The molecular weight excluding hydrogens is 226 g/mol. The van der Waals surface area contributed by atoms with Gasteiger partial charge >= 0.3 is 0 Å². The Hall–Kier alpha value is -0.930. The zero-order valence-electron chi connectivity index (χ0n) is 10.0. The first-order valence-corrected chi connectivity index (χ1v) is 5.17. The van der Waals surface area contributed by atoms with Gasteiger partial charge in [0.2, 0.25) is 0 Å². The largest absolute Gasteiger partial charge is 0.496 e. The monoisotopic (exact) mass is 245 g/mol. The molecule has 16 heavy (non-hydrogen) atoms. The summed E-state index contributed by atoms with van der Waals surface area (Å²) in [4.78, 5) is 0. The zero-order valence-corrected chi connectivity index (χ0v) is 10.8. The summed E-state index contributed by atoms with van der Waals surface area (Å²) in [5.74, 6) is 2.14. The minimum absolute atomic E-state index is 0. The Labute approximate surface area is 103 Å². The van der Waals surface area contributed by atoms with E-state index in [2.05, 4.69) is 13.8 Å². The molecular formula is C12H20ClNO2. The van der Waals surface area contributed by atoms with Gasteiger partial charge in [0, 0.05) is 18.2 Å². The van der Waals surface area contributed by atoms with E-state index in [0.29, 0.717) is 19.1 Å². The van der Waals surface area contributed by atoms with Crippen molar-refractivity contribution in [2.75, 3.05) is 13.7 Å². The van der Waals surface area contributed by atoms with Crippen LogP contribution < -0.4 is 15.2 Å². The van der Waals surface area contributed by atoms with Crippen LogP contribution in [0.25, 0.3) is 0 Å². The van der Waals surface area contributed by atoms with Crippen molar-refractivity contribution >= 4 is 12.4 Å². The van der Waals surface area contributed by atoms with Gasteiger partial charge in [-0.3, -0.25) is 0 Å². The Morgan fingerprint density at radius 2 is 2.00 bits per heavy atom. The number of benzene rings is 1. The molecule has 0 saturated carbocycles. The fourth-order valence-corrected chi connectivity index (χ4v) is 1.25. The maximum absolute atomic E-state index is 5.59. The fourth-order valence-electron chi connectivity index (χ4n) is 1.25. The first-order valence-electron chi connectivity index (χ1n) is 5.17. The molecule has 0 bridgehead atoms. The second-order valence-corrected chi connectivity index (χ2v) is 3.88. The molecule has 3 nitrogen and oxygen atoms in total. The van der Waals surface area contributed by atoms with Gasteiger partial charge in [-0.1, -0.05) is 19.9 Å². The van der Waals surface area contributed by atoms with Crippen molar-refractivity contribution in [3.8, 4) is 11.5 Å². The third-order valence-corrected chi connectivity index (χ3v) is 2.06. The van der Waals surface area contributed by atoms with Crippen molar-refractivity contribution in [3.05, 3.63) is 23.8 Å². The molecule has 0 aromatic heterocycles. The highest BCUT2D eigenvalue weighted by Gasteiger charge is 2.04. The number of hydrogen-bond donors (Lipinski definition) is 1. The molecule has 0 aliphatic rings. The van der Waals surface area contributed by atoms with Gasteiger partial charge in [0.1, 0.15) is 11.5 Å². The maximum atomic E-state index is 5.59. The lowest BCUT2D eigenvalue weighted by Gasteiger charge is -2.11. The van der Waals surface area contributed by atoms with Gasteiger partial charge in [-0.15, -0.1) is 12.4 Å². The summed E-state index contributed by atoms with van der Waals surface area (Å²) < 4.78 is 10.8. The van der Waals surface area contributed by atoms with E-state index in [1.54, 1.807) is 7.11 Å². The second-order valence-electron chi connectivity index (χ2n) is 3.88. The van der Waals surface area contributed by atoms with E-state index in [0.717, 1.165) is 17.1 Å². The number of halogens is 1. The van der Waals surface area contributed by atoms with E-state index in [9.17, 15) is 0 Å². The second kappa shape index (κ2) is 7.36. The topological polar surface area (TPSA) is 44.5 Å². The molecule has 0 spiro atoms. The van der Waals surface area contributed by atoms with Crippen LogP contribution in [0.3, 0.4) is 0 Å². The lowest BCUT2D eigenvalue weighted by Crippen LogP contribution is -2.05. The summed E-state index contributed by atoms with van der Waals surface area (Å²) in [5, 5.41) is 0. The Balaban J connectivity index is 0.00000225. The number of ether oxygens (including phenoxy) is 2. The minimum Gasteiger partial charge on any atom is -0.496 e. The molecule has 92 valence electrons. The van der Waals surface area contributed by atoms with Crippen molar-refractivity contribution in [1.82, 2.24) is 0 Å². The summed E-state index contributed by atoms with van der Waals surface area (Å²) in [7, 11) is 1.64. The summed E-state index contributed by atoms with van der Waals surface area (Å²) in [6.45, 7) is 5.43. The van der Waals surface area contributed by atoms with Crippen LogP contribution in [0.1, 0.15) is 19.4 Å². The Morgan fingerprint density at radius 1 is 1.31 bits per heavy atom. The van der Waals surface area contributed by atoms with Gasteiger partial charge in [-0.25, -0.2) is 0 Å². The Bertz CT molecular complexity index is 316. The van der Waals surface area contributed by atoms with Gasteiger partial charge in [-0.05, 0) is 12.0 Å². The fraction of sp³-hybridized carbons (Fsp3) is 0.500. The highest BCUT2D eigenvalue weighted by molar-refractivity contribution is 5.85. The van der Waals surface area contributed by atoms with Crippen LogP contribution in [0, 0.1) is 5.92 Å². The van der Waals surface area contributed by atoms with Crippen LogP contribution in [-0.4, -0.2) is 13.7 Å². The summed E-state index contributed by atoms with van der Waals surface area (Å²) >= 11 is 0. The molecule has 0 amide bonds. The molecule has 0 atom stereocenters. The maximum Gasteiger partial charge on any atom is 0.127 e. The lowest BCUT2D eigenvalue weighted by atomic mass is 10.2. The van der Waals surface area contributed by atoms with Crippen LogP contribution >= 0.6 is 12.4 Å². The average molecular weight is 246 g/mol. The van der Waals surface area contributed by atoms with E-state index in [-0.39, 0.29) is 12.4 Å². The standard InChI is InChI=1S/C12H19NO2.ClH/c1-9(2)8-15-11-5-4-10(7-13)12(6-11)14-3;/h4-6,9H,7-8,13H2,1-3H3;1H. The quantitative estimate of drug-likeness (QED) is 0.867. The molecule has 0 unspecified atom stereocenters. The van der Waals surface area contributed by atoms with Crippen molar-refractivity contribution in [2.45, 2.75) is 20.4 Å². The molecule has 1 aromatic carbocycles. The van der Waals surface area contributed by atoms with Crippen molar-refractivity contribution in [2.24, 2.45) is 11.7 Å². The number of rotatable bonds is 5. The highest BCUT2D eigenvalue weighted by Crippen LogP contribution is 2.24. The SMILES string of the molecule is COc1cc(OCC(C)C)ccc1CN.Cl. The Kier molecular flexibility index (Phi) is 6.93. The molecule has 0 radical (unpaired) electrons. The predicted octanol–water partition coefficient (Wildman–Crippen LogP) is 2.61. The van der Waals surface area contributed by atoms with Crippen LogP contribution in [0.4, 0.5) is 0 Å². The van der Waals surface area contributed by atoms with Crippen molar-refractivity contribution in [1.29, 1.82) is 0 Å².